The SMILES string of the molecule is CC(C)CNC(=O)c1cc(-c2ccccc2Cl)n[nH]1. The molecule has 19 heavy (non-hydrogen) atoms. The molecule has 0 unspecified atom stereocenters. The van der Waals surface area contributed by atoms with E-state index < -0.39 is 0 Å². The highest BCUT2D eigenvalue weighted by Gasteiger charge is 2.12. The molecule has 1 heterocycles. The Bertz CT molecular complexity index is 578. The number of hydrogen-bond donors (Lipinski definition) is 2. The van der Waals surface area contributed by atoms with Gasteiger partial charge in [0.1, 0.15) is 5.69 Å². The molecular weight excluding hydrogens is 262 g/mol. The fourth-order valence-electron chi connectivity index (χ4n) is 1.64. The average Bonchev–Trinajstić information content (AvgIpc) is 2.86. The Balaban J connectivity index is 2.15. The van der Waals surface area contributed by atoms with Crippen LogP contribution in [0.4, 0.5) is 0 Å². The van der Waals surface area contributed by atoms with Gasteiger partial charge in [0.25, 0.3) is 5.91 Å². The van der Waals surface area contributed by atoms with Crippen LogP contribution >= 0.6 is 11.6 Å². The Morgan fingerprint density at radius 1 is 1.42 bits per heavy atom. The third-order valence-electron chi connectivity index (χ3n) is 2.64. The lowest BCUT2D eigenvalue weighted by Crippen LogP contribution is -2.27. The number of hydrogen-bond acceptors (Lipinski definition) is 2. The van der Waals surface area contributed by atoms with Crippen molar-refractivity contribution in [1.82, 2.24) is 15.5 Å². The van der Waals surface area contributed by atoms with Gasteiger partial charge in [-0.2, -0.15) is 5.10 Å². The largest absolute Gasteiger partial charge is 0.350 e. The molecule has 2 N–H and O–H groups in total. The van der Waals surface area contributed by atoms with E-state index in [2.05, 4.69) is 15.5 Å². The third kappa shape index (κ3) is 3.35. The summed E-state index contributed by atoms with van der Waals surface area (Å²) in [7, 11) is 0. The maximum absolute atomic E-state index is 11.9. The monoisotopic (exact) mass is 277 g/mol. The molecule has 1 aromatic heterocycles. The summed E-state index contributed by atoms with van der Waals surface area (Å²) in [6, 6.07) is 9.11. The van der Waals surface area contributed by atoms with Gasteiger partial charge in [0.15, 0.2) is 0 Å². The van der Waals surface area contributed by atoms with Crippen LogP contribution in [0, 0.1) is 5.92 Å². The molecule has 0 aliphatic carbocycles. The lowest BCUT2D eigenvalue weighted by atomic mass is 10.1. The number of aromatic nitrogens is 2. The molecule has 100 valence electrons. The van der Waals surface area contributed by atoms with E-state index in [0.29, 0.717) is 28.9 Å². The summed E-state index contributed by atoms with van der Waals surface area (Å²) in [4.78, 5) is 11.9. The summed E-state index contributed by atoms with van der Waals surface area (Å²) in [6.07, 6.45) is 0. The fraction of sp³-hybridized carbons (Fsp3) is 0.286. The summed E-state index contributed by atoms with van der Waals surface area (Å²) in [5.74, 6) is 0.259. The number of amides is 1. The smallest absolute Gasteiger partial charge is 0.269 e. The van der Waals surface area contributed by atoms with Crippen LogP contribution in [0.25, 0.3) is 11.3 Å². The first kappa shape index (κ1) is 13.6. The van der Waals surface area contributed by atoms with Gasteiger partial charge in [0, 0.05) is 12.1 Å². The zero-order chi connectivity index (χ0) is 13.8. The van der Waals surface area contributed by atoms with Crippen LogP contribution in [0.1, 0.15) is 24.3 Å². The predicted octanol–water partition coefficient (Wildman–Crippen LogP) is 3.12. The number of nitrogens with zero attached hydrogens (tertiary/aromatic N) is 1. The first-order valence-electron chi connectivity index (χ1n) is 6.16. The molecule has 0 radical (unpaired) electrons. The summed E-state index contributed by atoms with van der Waals surface area (Å²) >= 11 is 6.10. The van der Waals surface area contributed by atoms with Crippen molar-refractivity contribution in [1.29, 1.82) is 0 Å². The highest BCUT2D eigenvalue weighted by Crippen LogP contribution is 2.26. The second-order valence-electron chi connectivity index (χ2n) is 4.75. The third-order valence-corrected chi connectivity index (χ3v) is 2.97. The van der Waals surface area contributed by atoms with E-state index in [1.807, 2.05) is 32.0 Å². The summed E-state index contributed by atoms with van der Waals surface area (Å²) < 4.78 is 0. The number of carbonyl (C=O) groups excluding carboxylic acids is 1. The highest BCUT2D eigenvalue weighted by molar-refractivity contribution is 6.33. The summed E-state index contributed by atoms with van der Waals surface area (Å²) in [6.45, 7) is 4.73. The zero-order valence-corrected chi connectivity index (χ0v) is 11.7. The number of carbonyl (C=O) groups is 1. The molecule has 0 aliphatic heterocycles. The van der Waals surface area contributed by atoms with Crippen molar-refractivity contribution in [2.45, 2.75) is 13.8 Å². The van der Waals surface area contributed by atoms with E-state index in [-0.39, 0.29) is 5.91 Å². The molecule has 5 heteroatoms. The molecule has 0 aliphatic rings. The lowest BCUT2D eigenvalue weighted by molar-refractivity contribution is 0.0944. The summed E-state index contributed by atoms with van der Waals surface area (Å²) in [5, 5.41) is 10.3. The van der Waals surface area contributed by atoms with Crippen molar-refractivity contribution in [3.8, 4) is 11.3 Å². The molecular formula is C14H16ClN3O. The first-order valence-corrected chi connectivity index (χ1v) is 6.54. The molecule has 0 bridgehead atoms. The van der Waals surface area contributed by atoms with Crippen LogP contribution in [0.3, 0.4) is 0 Å². The van der Waals surface area contributed by atoms with Crippen LogP contribution in [-0.4, -0.2) is 22.6 Å². The maximum Gasteiger partial charge on any atom is 0.269 e. The summed E-state index contributed by atoms with van der Waals surface area (Å²) in [5.41, 5.74) is 1.92. The molecule has 0 fully saturated rings. The molecule has 4 nitrogen and oxygen atoms in total. The van der Waals surface area contributed by atoms with E-state index >= 15 is 0 Å². The Morgan fingerprint density at radius 3 is 2.84 bits per heavy atom. The second kappa shape index (κ2) is 5.89. The van der Waals surface area contributed by atoms with Crippen LogP contribution in [0.2, 0.25) is 5.02 Å². The van der Waals surface area contributed by atoms with Crippen molar-refractivity contribution >= 4 is 17.5 Å². The molecule has 2 aromatic rings. The van der Waals surface area contributed by atoms with E-state index in [1.165, 1.54) is 0 Å². The Hall–Kier alpha value is -1.81. The minimum absolute atomic E-state index is 0.153. The molecule has 2 rings (SSSR count). The number of aromatic amines is 1. The van der Waals surface area contributed by atoms with Crippen LogP contribution in [-0.2, 0) is 0 Å². The van der Waals surface area contributed by atoms with Gasteiger partial charge in [0.05, 0.1) is 10.7 Å². The Labute approximate surface area is 117 Å². The minimum atomic E-state index is -0.153. The second-order valence-corrected chi connectivity index (χ2v) is 5.16. The van der Waals surface area contributed by atoms with Crippen molar-refractivity contribution in [2.75, 3.05) is 6.54 Å². The normalized spacial score (nSPS) is 10.7. The predicted molar refractivity (Wildman–Crippen MR) is 76.2 cm³/mol. The molecule has 0 saturated heterocycles. The van der Waals surface area contributed by atoms with E-state index in [1.54, 1.807) is 12.1 Å². The van der Waals surface area contributed by atoms with Crippen molar-refractivity contribution in [3.05, 3.63) is 41.0 Å². The number of nitrogens with one attached hydrogen (secondary N) is 2. The van der Waals surface area contributed by atoms with E-state index in [4.69, 9.17) is 11.6 Å². The average molecular weight is 278 g/mol. The molecule has 0 spiro atoms. The van der Waals surface area contributed by atoms with Gasteiger partial charge in [-0.1, -0.05) is 43.6 Å². The molecule has 0 atom stereocenters. The molecule has 0 saturated carbocycles. The highest BCUT2D eigenvalue weighted by atomic mass is 35.5. The molecule has 1 aromatic carbocycles. The van der Waals surface area contributed by atoms with Crippen molar-refractivity contribution in [2.24, 2.45) is 5.92 Å². The van der Waals surface area contributed by atoms with Gasteiger partial charge in [-0.3, -0.25) is 9.89 Å². The van der Waals surface area contributed by atoms with Gasteiger partial charge in [-0.15, -0.1) is 0 Å². The van der Waals surface area contributed by atoms with Gasteiger partial charge in [0.2, 0.25) is 0 Å². The minimum Gasteiger partial charge on any atom is -0.350 e. The van der Waals surface area contributed by atoms with Gasteiger partial charge >= 0.3 is 0 Å². The van der Waals surface area contributed by atoms with Crippen molar-refractivity contribution < 1.29 is 4.79 Å². The standard InChI is InChI=1S/C14H16ClN3O/c1-9(2)8-16-14(19)13-7-12(17-18-13)10-5-3-4-6-11(10)15/h3-7,9H,8H2,1-2H3,(H,16,19)(H,17,18). The number of benzene rings is 1. The molecule has 1 amide bonds. The Morgan fingerprint density at radius 2 is 2.16 bits per heavy atom. The topological polar surface area (TPSA) is 57.8 Å². The van der Waals surface area contributed by atoms with Gasteiger partial charge < -0.3 is 5.32 Å². The maximum atomic E-state index is 11.9. The van der Waals surface area contributed by atoms with E-state index in [0.717, 1.165) is 5.56 Å². The van der Waals surface area contributed by atoms with Gasteiger partial charge in [-0.25, -0.2) is 0 Å². The number of H-pyrrole nitrogens is 1. The quantitative estimate of drug-likeness (QED) is 0.902. The van der Waals surface area contributed by atoms with Crippen LogP contribution < -0.4 is 5.32 Å². The Kier molecular flexibility index (Phi) is 4.22. The number of halogens is 1. The van der Waals surface area contributed by atoms with Crippen molar-refractivity contribution in [3.63, 3.8) is 0 Å². The van der Waals surface area contributed by atoms with E-state index in [9.17, 15) is 4.79 Å². The first-order chi connectivity index (χ1) is 9.08. The zero-order valence-electron chi connectivity index (χ0n) is 10.9. The number of rotatable bonds is 4. The fourth-order valence-corrected chi connectivity index (χ4v) is 1.87. The van der Waals surface area contributed by atoms with Gasteiger partial charge in [-0.05, 0) is 18.1 Å². The van der Waals surface area contributed by atoms with Crippen LogP contribution in [0.5, 0.6) is 0 Å². The lowest BCUT2D eigenvalue weighted by Gasteiger charge is -2.05. The van der Waals surface area contributed by atoms with Crippen LogP contribution in [0.15, 0.2) is 30.3 Å².